The second-order valence-electron chi connectivity index (χ2n) is 5.16. The molecule has 24 heavy (non-hydrogen) atoms. The van der Waals surface area contributed by atoms with Gasteiger partial charge in [0, 0.05) is 19.7 Å². The number of fused-ring (bicyclic) bond motifs is 1. The van der Waals surface area contributed by atoms with Crippen molar-refractivity contribution in [3.05, 3.63) is 28.3 Å². The maximum Gasteiger partial charge on any atom is 0.263 e. The van der Waals surface area contributed by atoms with Crippen LogP contribution in [0.5, 0.6) is 0 Å². The van der Waals surface area contributed by atoms with Crippen LogP contribution in [0.2, 0.25) is 0 Å². The highest BCUT2D eigenvalue weighted by atomic mass is 16.5. The van der Waals surface area contributed by atoms with Crippen molar-refractivity contribution in [1.82, 2.24) is 29.5 Å². The molecule has 0 aliphatic carbocycles. The normalized spacial score (nSPS) is 11.1. The van der Waals surface area contributed by atoms with Crippen LogP contribution in [0.3, 0.4) is 0 Å². The summed E-state index contributed by atoms with van der Waals surface area (Å²) in [5, 5.41) is 11.4. The topological polar surface area (TPSA) is 120 Å². The minimum atomic E-state index is -0.331. The van der Waals surface area contributed by atoms with Crippen LogP contribution in [0.4, 0.5) is 5.82 Å². The molecule has 0 aromatic carbocycles. The van der Waals surface area contributed by atoms with Crippen molar-refractivity contribution < 1.29 is 9.53 Å². The first-order chi connectivity index (χ1) is 11.5. The number of carbonyl (C=O) groups is 1. The number of amides is 1. The van der Waals surface area contributed by atoms with Gasteiger partial charge in [0.15, 0.2) is 5.65 Å². The molecule has 0 saturated heterocycles. The average molecular weight is 331 g/mol. The first-order valence-electron chi connectivity index (χ1n) is 7.36. The lowest BCUT2D eigenvalue weighted by molar-refractivity contribution is -0.120. The number of hydrogen-bond donors (Lipinski definition) is 2. The predicted molar refractivity (Wildman–Crippen MR) is 86.1 cm³/mol. The van der Waals surface area contributed by atoms with Crippen molar-refractivity contribution in [3.63, 3.8) is 0 Å². The summed E-state index contributed by atoms with van der Waals surface area (Å²) in [5.74, 6) is 0.264. The van der Waals surface area contributed by atoms with Crippen molar-refractivity contribution in [2.75, 3.05) is 18.5 Å². The number of anilines is 1. The molecule has 0 bridgehead atoms. The molecular weight excluding hydrogens is 314 g/mol. The molecule has 0 atom stereocenters. The quantitative estimate of drug-likeness (QED) is 0.685. The SMILES string of the molecule is CCOCC(=O)Nc1cc(C)nn1-c1nc2c(cnn2C)c(=O)[nH]1. The van der Waals surface area contributed by atoms with E-state index in [1.165, 1.54) is 15.6 Å². The van der Waals surface area contributed by atoms with Gasteiger partial charge in [-0.2, -0.15) is 19.9 Å². The number of aromatic amines is 1. The van der Waals surface area contributed by atoms with Gasteiger partial charge in [-0.15, -0.1) is 0 Å². The molecule has 3 aromatic heterocycles. The fourth-order valence-corrected chi connectivity index (χ4v) is 2.24. The third-order valence-electron chi connectivity index (χ3n) is 3.33. The Balaban J connectivity index is 2.02. The third-order valence-corrected chi connectivity index (χ3v) is 3.33. The fraction of sp³-hybridized carbons (Fsp3) is 0.357. The molecule has 10 heteroatoms. The second-order valence-corrected chi connectivity index (χ2v) is 5.16. The van der Waals surface area contributed by atoms with Gasteiger partial charge in [0.2, 0.25) is 5.95 Å². The van der Waals surface area contributed by atoms with Gasteiger partial charge in [0.05, 0.1) is 11.9 Å². The van der Waals surface area contributed by atoms with Gasteiger partial charge in [-0.3, -0.25) is 19.3 Å². The van der Waals surface area contributed by atoms with Gasteiger partial charge in [0.25, 0.3) is 11.5 Å². The zero-order chi connectivity index (χ0) is 17.3. The van der Waals surface area contributed by atoms with Crippen LogP contribution in [0.1, 0.15) is 12.6 Å². The smallest absolute Gasteiger partial charge is 0.263 e. The molecule has 0 unspecified atom stereocenters. The van der Waals surface area contributed by atoms with Gasteiger partial charge in [-0.1, -0.05) is 0 Å². The van der Waals surface area contributed by atoms with Gasteiger partial charge in [-0.25, -0.2) is 0 Å². The molecule has 3 heterocycles. The number of aromatic nitrogens is 6. The van der Waals surface area contributed by atoms with E-state index in [0.29, 0.717) is 29.2 Å². The minimum absolute atomic E-state index is 0.0640. The highest BCUT2D eigenvalue weighted by molar-refractivity contribution is 5.91. The maximum atomic E-state index is 12.2. The van der Waals surface area contributed by atoms with Crippen LogP contribution >= 0.6 is 0 Å². The molecule has 2 N–H and O–H groups in total. The average Bonchev–Trinajstić information content (AvgIpc) is 3.09. The molecule has 10 nitrogen and oxygen atoms in total. The lowest BCUT2D eigenvalue weighted by Gasteiger charge is -2.08. The molecule has 0 aliphatic rings. The van der Waals surface area contributed by atoms with Crippen LogP contribution in [0, 0.1) is 6.92 Å². The van der Waals surface area contributed by atoms with Gasteiger partial charge < -0.3 is 10.1 Å². The summed E-state index contributed by atoms with van der Waals surface area (Å²) in [7, 11) is 1.69. The molecule has 1 amide bonds. The highest BCUT2D eigenvalue weighted by Crippen LogP contribution is 2.15. The Morgan fingerprint density at radius 2 is 2.25 bits per heavy atom. The molecule has 0 radical (unpaired) electrons. The Labute approximate surface area is 136 Å². The van der Waals surface area contributed by atoms with Gasteiger partial charge in [0.1, 0.15) is 17.8 Å². The zero-order valence-electron chi connectivity index (χ0n) is 13.5. The number of carbonyl (C=O) groups excluding carboxylic acids is 1. The first kappa shape index (κ1) is 15.9. The molecule has 0 spiro atoms. The summed E-state index contributed by atoms with van der Waals surface area (Å²) < 4.78 is 7.94. The van der Waals surface area contributed by atoms with Crippen molar-refractivity contribution in [1.29, 1.82) is 0 Å². The van der Waals surface area contributed by atoms with E-state index in [9.17, 15) is 9.59 Å². The third kappa shape index (κ3) is 2.91. The van der Waals surface area contributed by atoms with Crippen LogP contribution in [-0.4, -0.2) is 48.6 Å². The largest absolute Gasteiger partial charge is 0.372 e. The molecule has 0 aliphatic heterocycles. The summed E-state index contributed by atoms with van der Waals surface area (Å²) in [4.78, 5) is 31.1. The van der Waals surface area contributed by atoms with Crippen molar-refractivity contribution in [2.45, 2.75) is 13.8 Å². The Hall–Kier alpha value is -3.01. The van der Waals surface area contributed by atoms with E-state index in [0.717, 1.165) is 0 Å². The van der Waals surface area contributed by atoms with Crippen LogP contribution in [0.25, 0.3) is 17.0 Å². The lowest BCUT2D eigenvalue weighted by Crippen LogP contribution is -2.22. The van der Waals surface area contributed by atoms with E-state index in [1.807, 2.05) is 0 Å². The van der Waals surface area contributed by atoms with E-state index in [-0.39, 0.29) is 24.0 Å². The van der Waals surface area contributed by atoms with Crippen LogP contribution < -0.4 is 10.9 Å². The van der Waals surface area contributed by atoms with Gasteiger partial charge in [-0.05, 0) is 13.8 Å². The fourth-order valence-electron chi connectivity index (χ4n) is 2.24. The monoisotopic (exact) mass is 331 g/mol. The van der Waals surface area contributed by atoms with E-state index in [2.05, 4.69) is 25.5 Å². The van der Waals surface area contributed by atoms with E-state index < -0.39 is 0 Å². The van der Waals surface area contributed by atoms with Crippen LogP contribution in [-0.2, 0) is 16.6 Å². The number of aryl methyl sites for hydroxylation is 2. The van der Waals surface area contributed by atoms with Crippen molar-refractivity contribution in [3.8, 4) is 5.95 Å². The number of nitrogens with zero attached hydrogens (tertiary/aromatic N) is 5. The molecule has 3 rings (SSSR count). The predicted octanol–water partition coefficient (Wildman–Crippen LogP) is 0.126. The molecule has 0 saturated carbocycles. The Morgan fingerprint density at radius 3 is 3.00 bits per heavy atom. The lowest BCUT2D eigenvalue weighted by atomic mass is 10.4. The molecule has 126 valence electrons. The highest BCUT2D eigenvalue weighted by Gasteiger charge is 2.15. The second kappa shape index (κ2) is 6.24. The van der Waals surface area contributed by atoms with Gasteiger partial charge >= 0.3 is 0 Å². The summed E-state index contributed by atoms with van der Waals surface area (Å²) in [6, 6.07) is 1.68. The van der Waals surface area contributed by atoms with E-state index >= 15 is 0 Å². The summed E-state index contributed by atoms with van der Waals surface area (Å²) in [6.45, 7) is 3.96. The Morgan fingerprint density at radius 1 is 1.46 bits per heavy atom. The maximum absolute atomic E-state index is 12.2. The van der Waals surface area contributed by atoms with Crippen molar-refractivity contribution >= 4 is 22.8 Å². The number of ether oxygens (including phenoxy) is 1. The van der Waals surface area contributed by atoms with Crippen LogP contribution in [0.15, 0.2) is 17.1 Å². The van der Waals surface area contributed by atoms with Crippen molar-refractivity contribution in [2.24, 2.45) is 7.05 Å². The zero-order valence-corrected chi connectivity index (χ0v) is 13.5. The Bertz CT molecular complexity index is 953. The number of nitrogens with one attached hydrogen (secondary N) is 2. The summed E-state index contributed by atoms with van der Waals surface area (Å²) in [5.41, 5.74) is 0.755. The standard InChI is InChI=1S/C14H17N7O3/c1-4-24-7-11(22)16-10-5-8(2)19-21(10)14-17-12-9(13(23)18-14)6-15-20(12)3/h5-6H,4,7H2,1-3H3,(H,16,22)(H,17,18,23). The molecule has 0 fully saturated rings. The minimum Gasteiger partial charge on any atom is -0.372 e. The Kier molecular flexibility index (Phi) is 4.13. The molecule has 3 aromatic rings. The molecular formula is C14H17N7O3. The number of rotatable bonds is 5. The number of hydrogen-bond acceptors (Lipinski definition) is 6. The first-order valence-corrected chi connectivity index (χ1v) is 7.36. The van der Waals surface area contributed by atoms with E-state index in [4.69, 9.17) is 4.74 Å². The number of H-pyrrole nitrogens is 1. The summed E-state index contributed by atoms with van der Waals surface area (Å²) >= 11 is 0. The summed E-state index contributed by atoms with van der Waals surface area (Å²) in [6.07, 6.45) is 1.45. The van der Waals surface area contributed by atoms with E-state index in [1.54, 1.807) is 27.0 Å².